The average molecular weight is 215 g/mol. The van der Waals surface area contributed by atoms with E-state index in [0.29, 0.717) is 18.8 Å². The van der Waals surface area contributed by atoms with Gasteiger partial charge in [-0.25, -0.2) is 0 Å². The summed E-state index contributed by atoms with van der Waals surface area (Å²) in [5, 5.41) is 14.8. The molecule has 0 aromatic carbocycles. The fourth-order valence-electron chi connectivity index (χ4n) is 1.33. The summed E-state index contributed by atoms with van der Waals surface area (Å²) in [6.07, 6.45) is 0.831. The van der Waals surface area contributed by atoms with Gasteiger partial charge in [-0.15, -0.1) is 0 Å². The number of aliphatic carboxylic acids is 1. The van der Waals surface area contributed by atoms with Crippen molar-refractivity contribution >= 4 is 5.97 Å². The Labute approximate surface area is 90.7 Å². The smallest absolute Gasteiger partial charge is 0.304 e. The summed E-state index contributed by atoms with van der Waals surface area (Å²) in [6, 6.07) is 0.241. The van der Waals surface area contributed by atoms with Crippen LogP contribution in [-0.2, 0) is 4.79 Å². The third kappa shape index (κ3) is 9.08. The Bertz CT molecular complexity index is 217. The van der Waals surface area contributed by atoms with Crippen LogP contribution in [0.3, 0.4) is 0 Å². The molecule has 0 fully saturated rings. The van der Waals surface area contributed by atoms with Crippen LogP contribution in [0.25, 0.3) is 0 Å². The molecule has 0 spiro atoms. The number of nitrogens with two attached hydrogens (primary N) is 1. The van der Waals surface area contributed by atoms with Crippen molar-refractivity contribution in [1.82, 2.24) is 10.6 Å². The number of carboxylic acid groups (broad SMARTS) is 1. The molecule has 0 amide bonds. The SMILES string of the molecule is C=C(N)NCCC(CC(=O)O)NC(C)C. The van der Waals surface area contributed by atoms with E-state index in [2.05, 4.69) is 17.2 Å². The van der Waals surface area contributed by atoms with Crippen LogP contribution >= 0.6 is 0 Å². The number of hydrogen-bond acceptors (Lipinski definition) is 4. The molecule has 0 aliphatic carbocycles. The highest BCUT2D eigenvalue weighted by Gasteiger charge is 2.13. The molecular formula is C10H21N3O2. The van der Waals surface area contributed by atoms with Gasteiger partial charge in [-0.3, -0.25) is 4.79 Å². The number of nitrogens with one attached hydrogen (secondary N) is 2. The maximum atomic E-state index is 10.6. The minimum absolute atomic E-state index is 0.0330. The van der Waals surface area contributed by atoms with Gasteiger partial charge in [0.2, 0.25) is 0 Å². The van der Waals surface area contributed by atoms with Gasteiger partial charge in [-0.1, -0.05) is 20.4 Å². The van der Waals surface area contributed by atoms with Crippen molar-refractivity contribution in [2.45, 2.75) is 38.8 Å². The van der Waals surface area contributed by atoms with Gasteiger partial charge in [0.1, 0.15) is 0 Å². The molecule has 0 rings (SSSR count). The van der Waals surface area contributed by atoms with Gasteiger partial charge in [-0.2, -0.15) is 0 Å². The van der Waals surface area contributed by atoms with Crippen molar-refractivity contribution in [3.8, 4) is 0 Å². The standard InChI is InChI=1S/C10H21N3O2/c1-7(2)13-9(6-10(14)15)4-5-12-8(3)11/h7,9,12-13H,3-6,11H2,1-2H3,(H,14,15). The Morgan fingerprint density at radius 2 is 2.13 bits per heavy atom. The zero-order chi connectivity index (χ0) is 11.8. The Morgan fingerprint density at radius 1 is 1.53 bits per heavy atom. The van der Waals surface area contributed by atoms with Crippen molar-refractivity contribution < 1.29 is 9.90 Å². The number of carbonyl (C=O) groups is 1. The van der Waals surface area contributed by atoms with E-state index in [4.69, 9.17) is 10.8 Å². The molecule has 1 unspecified atom stereocenters. The van der Waals surface area contributed by atoms with Gasteiger partial charge in [-0.05, 0) is 6.42 Å². The monoisotopic (exact) mass is 215 g/mol. The zero-order valence-corrected chi connectivity index (χ0v) is 9.42. The molecule has 1 atom stereocenters. The summed E-state index contributed by atoms with van der Waals surface area (Å²) >= 11 is 0. The molecule has 5 nitrogen and oxygen atoms in total. The van der Waals surface area contributed by atoms with E-state index < -0.39 is 5.97 Å². The Balaban J connectivity index is 3.89. The van der Waals surface area contributed by atoms with E-state index in [1.165, 1.54) is 0 Å². The van der Waals surface area contributed by atoms with E-state index >= 15 is 0 Å². The molecule has 0 heterocycles. The van der Waals surface area contributed by atoms with E-state index in [1.54, 1.807) is 0 Å². The van der Waals surface area contributed by atoms with Crippen molar-refractivity contribution in [1.29, 1.82) is 0 Å². The molecule has 0 radical (unpaired) electrons. The second-order valence-corrected chi connectivity index (χ2v) is 3.86. The lowest BCUT2D eigenvalue weighted by molar-refractivity contribution is -0.137. The van der Waals surface area contributed by atoms with Crippen molar-refractivity contribution in [3.63, 3.8) is 0 Å². The van der Waals surface area contributed by atoms with E-state index in [-0.39, 0.29) is 18.5 Å². The summed E-state index contributed by atoms with van der Waals surface area (Å²) in [5.41, 5.74) is 5.34. The molecule has 5 N–H and O–H groups in total. The first-order chi connectivity index (χ1) is 6.91. The second-order valence-electron chi connectivity index (χ2n) is 3.86. The largest absolute Gasteiger partial charge is 0.481 e. The summed E-state index contributed by atoms with van der Waals surface area (Å²) in [7, 11) is 0. The van der Waals surface area contributed by atoms with Gasteiger partial charge in [0.05, 0.1) is 12.2 Å². The highest BCUT2D eigenvalue weighted by atomic mass is 16.4. The quantitative estimate of drug-likeness (QED) is 0.466. The molecule has 0 aromatic rings. The fourth-order valence-corrected chi connectivity index (χ4v) is 1.33. The van der Waals surface area contributed by atoms with Gasteiger partial charge in [0, 0.05) is 18.6 Å². The molecule has 0 aliphatic rings. The molecule has 88 valence electrons. The van der Waals surface area contributed by atoms with Gasteiger partial charge < -0.3 is 21.5 Å². The van der Waals surface area contributed by atoms with Gasteiger partial charge in [0.25, 0.3) is 0 Å². The highest BCUT2D eigenvalue weighted by molar-refractivity contribution is 5.67. The number of carboxylic acids is 1. The fraction of sp³-hybridized carbons (Fsp3) is 0.700. The summed E-state index contributed by atoms with van der Waals surface area (Å²) < 4.78 is 0. The Kier molecular flexibility index (Phi) is 6.53. The predicted molar refractivity (Wildman–Crippen MR) is 60.3 cm³/mol. The molecule has 0 bridgehead atoms. The van der Waals surface area contributed by atoms with Crippen molar-refractivity contribution in [2.24, 2.45) is 5.73 Å². The number of rotatable bonds is 8. The van der Waals surface area contributed by atoms with Crippen LogP contribution in [0.2, 0.25) is 0 Å². The molecule has 15 heavy (non-hydrogen) atoms. The highest BCUT2D eigenvalue weighted by Crippen LogP contribution is 1.99. The minimum Gasteiger partial charge on any atom is -0.481 e. The van der Waals surface area contributed by atoms with Gasteiger partial charge >= 0.3 is 5.97 Å². The van der Waals surface area contributed by atoms with Gasteiger partial charge in [0.15, 0.2) is 0 Å². The summed E-state index contributed by atoms with van der Waals surface area (Å²) in [5.74, 6) is -0.381. The predicted octanol–water partition coefficient (Wildman–Crippen LogP) is 0.237. The molecule has 0 saturated heterocycles. The lowest BCUT2D eigenvalue weighted by atomic mass is 10.1. The van der Waals surface area contributed by atoms with E-state index in [0.717, 1.165) is 0 Å². The first kappa shape index (κ1) is 13.8. The number of hydrogen-bond donors (Lipinski definition) is 4. The van der Waals surface area contributed by atoms with Crippen LogP contribution < -0.4 is 16.4 Å². The molecule has 5 heteroatoms. The summed E-state index contributed by atoms with van der Waals surface area (Å²) in [6.45, 7) is 8.12. The van der Waals surface area contributed by atoms with E-state index in [9.17, 15) is 4.79 Å². The van der Waals surface area contributed by atoms with Crippen LogP contribution in [0.4, 0.5) is 0 Å². The molecule has 0 saturated carbocycles. The van der Waals surface area contributed by atoms with E-state index in [1.807, 2.05) is 13.8 Å². The molecule has 0 aliphatic heterocycles. The first-order valence-corrected chi connectivity index (χ1v) is 5.08. The van der Waals surface area contributed by atoms with Crippen molar-refractivity contribution in [2.75, 3.05) is 6.54 Å². The van der Waals surface area contributed by atoms with Crippen LogP contribution in [0.15, 0.2) is 12.4 Å². The van der Waals surface area contributed by atoms with Crippen molar-refractivity contribution in [3.05, 3.63) is 12.4 Å². The third-order valence-corrected chi connectivity index (χ3v) is 1.83. The maximum Gasteiger partial charge on any atom is 0.304 e. The first-order valence-electron chi connectivity index (χ1n) is 5.08. The average Bonchev–Trinajstić information content (AvgIpc) is 2.00. The molecule has 0 aromatic heterocycles. The normalized spacial score (nSPS) is 12.5. The Hall–Kier alpha value is -1.23. The summed E-state index contributed by atoms with van der Waals surface area (Å²) in [4.78, 5) is 10.6. The van der Waals surface area contributed by atoms with Crippen LogP contribution in [0.1, 0.15) is 26.7 Å². The minimum atomic E-state index is -0.792. The van der Waals surface area contributed by atoms with Crippen LogP contribution in [0, 0.1) is 0 Å². The molecular weight excluding hydrogens is 194 g/mol. The van der Waals surface area contributed by atoms with Crippen LogP contribution in [0.5, 0.6) is 0 Å². The maximum absolute atomic E-state index is 10.6. The zero-order valence-electron chi connectivity index (χ0n) is 9.42. The third-order valence-electron chi connectivity index (χ3n) is 1.83. The van der Waals surface area contributed by atoms with Crippen LogP contribution in [-0.4, -0.2) is 29.7 Å². The lowest BCUT2D eigenvalue weighted by Gasteiger charge is -2.19. The Morgan fingerprint density at radius 3 is 2.53 bits per heavy atom. The second kappa shape index (κ2) is 7.11. The topological polar surface area (TPSA) is 87.4 Å². The lowest BCUT2D eigenvalue weighted by Crippen LogP contribution is -2.38.